The van der Waals surface area contributed by atoms with Crippen molar-refractivity contribution in [2.75, 3.05) is 6.61 Å². The molecule has 1 atom stereocenters. The molecule has 0 fully saturated rings. The molecule has 0 amide bonds. The van der Waals surface area contributed by atoms with E-state index in [0.29, 0.717) is 12.5 Å². The summed E-state index contributed by atoms with van der Waals surface area (Å²) in [6, 6.07) is 0. The number of ether oxygens (including phenoxy) is 1. The Hall–Kier alpha value is -1.45. The molecule has 0 aliphatic carbocycles. The predicted octanol–water partition coefficient (Wildman–Crippen LogP) is 4.12. The molecule has 21 heavy (non-hydrogen) atoms. The Kier molecular flexibility index (Phi) is 21.7. The quantitative estimate of drug-likeness (QED) is 0.524. The molecular formula is C17H32O4. The SMILES string of the molecule is C=CC(=O)OCC(CC)CCCC.CC(C)=O.CC(C)=O. The fourth-order valence-corrected chi connectivity index (χ4v) is 1.16. The highest BCUT2D eigenvalue weighted by Crippen LogP contribution is 2.12. The summed E-state index contributed by atoms with van der Waals surface area (Å²) in [6.07, 6.45) is 5.85. The van der Waals surface area contributed by atoms with E-state index in [0.717, 1.165) is 12.8 Å². The third-order valence-electron chi connectivity index (χ3n) is 2.17. The molecule has 0 rings (SSSR count). The summed E-state index contributed by atoms with van der Waals surface area (Å²) in [6.45, 7) is 14.3. The van der Waals surface area contributed by atoms with Crippen molar-refractivity contribution in [3.63, 3.8) is 0 Å². The Morgan fingerprint density at radius 2 is 1.48 bits per heavy atom. The summed E-state index contributed by atoms with van der Waals surface area (Å²) >= 11 is 0. The van der Waals surface area contributed by atoms with Gasteiger partial charge in [0.25, 0.3) is 0 Å². The summed E-state index contributed by atoms with van der Waals surface area (Å²) in [4.78, 5) is 29.7. The standard InChI is InChI=1S/C11H20O2.2C3H6O/c1-4-7-8-10(5-2)9-13-11(12)6-3;2*1-3(2)4/h6,10H,3-5,7-9H2,1-2H3;2*1-2H3. The van der Waals surface area contributed by atoms with Gasteiger partial charge in [-0.1, -0.05) is 39.7 Å². The molecule has 0 bridgehead atoms. The summed E-state index contributed by atoms with van der Waals surface area (Å²) in [5.41, 5.74) is 0. The van der Waals surface area contributed by atoms with Crippen LogP contribution in [-0.2, 0) is 19.1 Å². The van der Waals surface area contributed by atoms with Gasteiger partial charge in [-0.2, -0.15) is 0 Å². The van der Waals surface area contributed by atoms with E-state index in [9.17, 15) is 14.4 Å². The van der Waals surface area contributed by atoms with Gasteiger partial charge in [-0.3, -0.25) is 0 Å². The summed E-state index contributed by atoms with van der Waals surface area (Å²) < 4.78 is 4.98. The molecule has 0 radical (unpaired) electrons. The number of unbranched alkanes of at least 4 members (excludes halogenated alkanes) is 1. The molecule has 4 heteroatoms. The maximum atomic E-state index is 10.8. The van der Waals surface area contributed by atoms with E-state index in [1.54, 1.807) is 0 Å². The third kappa shape index (κ3) is 38.1. The largest absolute Gasteiger partial charge is 0.462 e. The fraction of sp³-hybridized carbons (Fsp3) is 0.706. The van der Waals surface area contributed by atoms with Gasteiger partial charge >= 0.3 is 5.97 Å². The van der Waals surface area contributed by atoms with Crippen LogP contribution in [-0.4, -0.2) is 24.1 Å². The lowest BCUT2D eigenvalue weighted by atomic mass is 10.0. The molecule has 0 aromatic carbocycles. The molecule has 0 N–H and O–H groups in total. The summed E-state index contributed by atoms with van der Waals surface area (Å²) in [7, 11) is 0. The smallest absolute Gasteiger partial charge is 0.330 e. The zero-order valence-corrected chi connectivity index (χ0v) is 14.5. The lowest BCUT2D eigenvalue weighted by Gasteiger charge is -2.13. The Morgan fingerprint density at radius 3 is 1.76 bits per heavy atom. The van der Waals surface area contributed by atoms with Crippen LogP contribution in [0.3, 0.4) is 0 Å². The van der Waals surface area contributed by atoms with Gasteiger partial charge in [0.2, 0.25) is 0 Å². The molecule has 0 heterocycles. The van der Waals surface area contributed by atoms with Gasteiger partial charge < -0.3 is 14.3 Å². The molecule has 0 saturated carbocycles. The lowest BCUT2D eigenvalue weighted by molar-refractivity contribution is -0.139. The molecule has 0 spiro atoms. The van der Waals surface area contributed by atoms with Crippen LogP contribution >= 0.6 is 0 Å². The van der Waals surface area contributed by atoms with Crippen LogP contribution in [0.15, 0.2) is 12.7 Å². The van der Waals surface area contributed by atoms with Crippen LogP contribution < -0.4 is 0 Å². The molecule has 0 aromatic heterocycles. The number of carbonyl (C=O) groups excluding carboxylic acids is 3. The average molecular weight is 300 g/mol. The second kappa shape index (κ2) is 18.6. The maximum Gasteiger partial charge on any atom is 0.330 e. The zero-order chi connectivity index (χ0) is 17.3. The number of Topliss-reactive ketones (excluding diaryl/α,β-unsaturated/α-hetero) is 2. The molecule has 1 unspecified atom stereocenters. The maximum absolute atomic E-state index is 10.8. The zero-order valence-electron chi connectivity index (χ0n) is 14.5. The third-order valence-corrected chi connectivity index (χ3v) is 2.17. The van der Waals surface area contributed by atoms with E-state index >= 15 is 0 Å². The first-order valence-corrected chi connectivity index (χ1v) is 7.44. The molecule has 4 nitrogen and oxygen atoms in total. The van der Waals surface area contributed by atoms with Crippen molar-refractivity contribution in [2.24, 2.45) is 5.92 Å². The summed E-state index contributed by atoms with van der Waals surface area (Å²) in [5.74, 6) is 0.541. The predicted molar refractivity (Wildman–Crippen MR) is 87.2 cm³/mol. The monoisotopic (exact) mass is 300 g/mol. The molecule has 0 aromatic rings. The molecule has 124 valence electrons. The minimum absolute atomic E-state index is 0.167. The van der Waals surface area contributed by atoms with Crippen LogP contribution in [0, 0.1) is 5.92 Å². The van der Waals surface area contributed by atoms with Crippen LogP contribution in [0.5, 0.6) is 0 Å². The topological polar surface area (TPSA) is 60.4 Å². The van der Waals surface area contributed by atoms with Gasteiger partial charge in [0.1, 0.15) is 11.6 Å². The molecule has 0 aliphatic rings. The lowest BCUT2D eigenvalue weighted by Crippen LogP contribution is -2.12. The Balaban J connectivity index is -0.000000334. The van der Waals surface area contributed by atoms with E-state index in [-0.39, 0.29) is 17.5 Å². The second-order valence-corrected chi connectivity index (χ2v) is 5.07. The highest BCUT2D eigenvalue weighted by atomic mass is 16.5. The number of hydrogen-bond donors (Lipinski definition) is 0. The highest BCUT2D eigenvalue weighted by Gasteiger charge is 2.07. The number of carbonyl (C=O) groups is 3. The highest BCUT2D eigenvalue weighted by molar-refractivity contribution is 5.81. The number of rotatable bonds is 7. The Labute approximate surface area is 129 Å². The van der Waals surface area contributed by atoms with Crippen LogP contribution in [0.2, 0.25) is 0 Å². The van der Waals surface area contributed by atoms with Crippen molar-refractivity contribution >= 4 is 17.5 Å². The van der Waals surface area contributed by atoms with Crippen molar-refractivity contribution in [1.29, 1.82) is 0 Å². The second-order valence-electron chi connectivity index (χ2n) is 5.07. The minimum Gasteiger partial charge on any atom is -0.462 e. The van der Waals surface area contributed by atoms with Gasteiger partial charge in [0.15, 0.2) is 0 Å². The average Bonchev–Trinajstić information content (AvgIpc) is 2.37. The number of hydrogen-bond acceptors (Lipinski definition) is 4. The first kappa shape index (κ1) is 24.6. The Bertz CT molecular complexity index is 275. The molecule has 0 aliphatic heterocycles. The van der Waals surface area contributed by atoms with Gasteiger partial charge in [0.05, 0.1) is 6.61 Å². The van der Waals surface area contributed by atoms with Gasteiger partial charge in [-0.15, -0.1) is 0 Å². The first-order chi connectivity index (χ1) is 9.70. The van der Waals surface area contributed by atoms with E-state index in [1.807, 2.05) is 0 Å². The van der Waals surface area contributed by atoms with Crippen LogP contribution in [0.1, 0.15) is 67.2 Å². The van der Waals surface area contributed by atoms with Gasteiger partial charge in [-0.05, 0) is 40.0 Å². The van der Waals surface area contributed by atoms with E-state index < -0.39 is 0 Å². The molecular weight excluding hydrogens is 268 g/mol. The van der Waals surface area contributed by atoms with Crippen molar-refractivity contribution in [3.8, 4) is 0 Å². The summed E-state index contributed by atoms with van der Waals surface area (Å²) in [5, 5.41) is 0. The Morgan fingerprint density at radius 1 is 1.05 bits per heavy atom. The normalized spacial score (nSPS) is 10.0. The molecule has 0 saturated heterocycles. The fourth-order valence-electron chi connectivity index (χ4n) is 1.16. The van der Waals surface area contributed by atoms with E-state index in [2.05, 4.69) is 20.4 Å². The van der Waals surface area contributed by atoms with Crippen LogP contribution in [0.25, 0.3) is 0 Å². The van der Waals surface area contributed by atoms with Crippen LogP contribution in [0.4, 0.5) is 0 Å². The van der Waals surface area contributed by atoms with Crippen molar-refractivity contribution in [3.05, 3.63) is 12.7 Å². The number of esters is 1. The minimum atomic E-state index is -0.310. The van der Waals surface area contributed by atoms with E-state index in [4.69, 9.17) is 4.74 Å². The first-order valence-electron chi connectivity index (χ1n) is 7.44. The number of ketones is 2. The van der Waals surface area contributed by atoms with Crippen molar-refractivity contribution < 1.29 is 19.1 Å². The van der Waals surface area contributed by atoms with Crippen molar-refractivity contribution in [1.82, 2.24) is 0 Å². The van der Waals surface area contributed by atoms with Gasteiger partial charge in [-0.25, -0.2) is 4.79 Å². The van der Waals surface area contributed by atoms with Crippen molar-refractivity contribution in [2.45, 2.75) is 67.2 Å². The van der Waals surface area contributed by atoms with Gasteiger partial charge in [0, 0.05) is 6.08 Å². The van der Waals surface area contributed by atoms with E-state index in [1.165, 1.54) is 46.6 Å².